The Bertz CT molecular complexity index is 1800. The zero-order valence-corrected chi connectivity index (χ0v) is 27.1. The standard InChI is InChI=1S/C34H40ClN6O3/c1-8-22-12-10-11-13-24(22)29-26(35)18-25-30(39-17-16-38(19-20(39)3)33(43)44-34(5,6)7)37-32(42)41-28-23(9-2)14-15-36-27(28)21(4)40(29)31(25)41/h8,10-13,15,18,20-21,23H,1,9,14,16-17,19H2,2-7H3/q+1/t20-,21?,23?/m0/s1. The van der Waals surface area contributed by atoms with Crippen molar-refractivity contribution in [1.29, 1.82) is 0 Å². The lowest BCUT2D eigenvalue weighted by atomic mass is 9.91. The fourth-order valence-corrected chi connectivity index (χ4v) is 7.09. The van der Waals surface area contributed by atoms with Crippen molar-refractivity contribution >= 4 is 52.5 Å². The lowest BCUT2D eigenvalue weighted by Gasteiger charge is -2.41. The Labute approximate surface area is 263 Å². The molecule has 1 fully saturated rings. The number of ether oxygens (including phenoxy) is 1. The Morgan fingerprint density at radius 2 is 1.98 bits per heavy atom. The predicted octanol–water partition coefficient (Wildman–Crippen LogP) is 6.34. The third-order valence-electron chi connectivity index (χ3n) is 8.83. The van der Waals surface area contributed by atoms with Gasteiger partial charge in [-0.2, -0.15) is 4.98 Å². The second-order valence-corrected chi connectivity index (χ2v) is 13.3. The molecule has 10 heteroatoms. The third kappa shape index (κ3) is 4.91. The molecule has 3 atom stereocenters. The molecule has 3 aliphatic rings. The molecule has 3 aromatic rings. The maximum Gasteiger partial charge on any atom is 0.441 e. The Hall–Kier alpha value is -3.98. The van der Waals surface area contributed by atoms with Gasteiger partial charge in [-0.05, 0) is 59.1 Å². The van der Waals surface area contributed by atoms with Crippen LogP contribution in [-0.4, -0.2) is 58.0 Å². The molecule has 0 spiro atoms. The van der Waals surface area contributed by atoms with Crippen molar-refractivity contribution in [2.45, 2.75) is 72.1 Å². The molecule has 2 aromatic heterocycles. The number of anilines is 1. The number of piperazine rings is 1. The second kappa shape index (κ2) is 11.2. The zero-order valence-electron chi connectivity index (χ0n) is 26.3. The van der Waals surface area contributed by atoms with E-state index in [1.54, 1.807) is 9.47 Å². The molecular weight excluding hydrogens is 576 g/mol. The molecular formula is C34H40ClN6O3+. The summed E-state index contributed by atoms with van der Waals surface area (Å²) in [5, 5.41) is 1.33. The molecule has 9 nitrogen and oxygen atoms in total. The summed E-state index contributed by atoms with van der Waals surface area (Å²) in [4.78, 5) is 40.5. The Morgan fingerprint density at radius 3 is 2.66 bits per heavy atom. The summed E-state index contributed by atoms with van der Waals surface area (Å²) in [6.45, 7) is 17.3. The van der Waals surface area contributed by atoms with E-state index >= 15 is 0 Å². The van der Waals surface area contributed by atoms with Gasteiger partial charge < -0.3 is 14.5 Å². The molecule has 6 rings (SSSR count). The summed E-state index contributed by atoms with van der Waals surface area (Å²) in [5.41, 5.74) is 4.28. The minimum absolute atomic E-state index is 0.117. The Morgan fingerprint density at radius 1 is 1.23 bits per heavy atom. The molecule has 0 radical (unpaired) electrons. The number of carbonyl (C=O) groups is 1. The second-order valence-electron chi connectivity index (χ2n) is 12.9. The van der Waals surface area contributed by atoms with Gasteiger partial charge in [0, 0.05) is 43.4 Å². The van der Waals surface area contributed by atoms with Crippen molar-refractivity contribution in [3.05, 3.63) is 63.7 Å². The summed E-state index contributed by atoms with van der Waals surface area (Å²) >= 11 is 7.22. The summed E-state index contributed by atoms with van der Waals surface area (Å²) in [6, 6.07) is 9.64. The van der Waals surface area contributed by atoms with Crippen LogP contribution in [0.4, 0.5) is 10.6 Å². The van der Waals surface area contributed by atoms with E-state index in [1.807, 2.05) is 70.3 Å². The van der Waals surface area contributed by atoms with Crippen LogP contribution in [0.25, 0.3) is 34.1 Å². The molecule has 44 heavy (non-hydrogen) atoms. The fourth-order valence-electron chi connectivity index (χ4n) is 6.79. The fraction of sp³-hybridized carbons (Fsp3) is 0.441. The van der Waals surface area contributed by atoms with E-state index in [1.165, 1.54) is 0 Å². The van der Waals surface area contributed by atoms with Crippen LogP contribution < -0.4 is 15.2 Å². The maximum atomic E-state index is 14.2. The summed E-state index contributed by atoms with van der Waals surface area (Å²) < 4.78 is 9.57. The predicted molar refractivity (Wildman–Crippen MR) is 176 cm³/mol. The van der Waals surface area contributed by atoms with Gasteiger partial charge in [0.2, 0.25) is 0 Å². The first-order valence-corrected chi connectivity index (χ1v) is 15.8. The van der Waals surface area contributed by atoms with Crippen LogP contribution in [0, 0.1) is 5.92 Å². The minimum atomic E-state index is -0.580. The molecule has 0 bridgehead atoms. The van der Waals surface area contributed by atoms with Crippen molar-refractivity contribution in [3.8, 4) is 11.3 Å². The van der Waals surface area contributed by atoms with Crippen LogP contribution in [0.15, 0.2) is 52.4 Å². The zero-order chi connectivity index (χ0) is 31.5. The lowest BCUT2D eigenvalue weighted by molar-refractivity contribution is -0.679. The minimum Gasteiger partial charge on any atom is -0.444 e. The highest BCUT2D eigenvalue weighted by atomic mass is 35.5. The first kappa shape index (κ1) is 30.1. The SMILES string of the molecule is C=Cc1ccccc1-c1c(Cl)cc2c(N3CCN(C(=O)OC(C)(C)C)C[C@@H]3C)nc(=O)n3c2[n+]1C(C)C1=C3C(CC)CC=N1. The Balaban J connectivity index is 1.58. The van der Waals surface area contributed by atoms with Crippen LogP contribution in [0.3, 0.4) is 0 Å². The number of hydrogen-bond acceptors (Lipinski definition) is 6. The van der Waals surface area contributed by atoms with E-state index in [0.717, 1.165) is 52.1 Å². The highest BCUT2D eigenvalue weighted by Gasteiger charge is 2.43. The number of halogens is 1. The van der Waals surface area contributed by atoms with Gasteiger partial charge in [0.05, 0.1) is 5.02 Å². The monoisotopic (exact) mass is 615 g/mol. The van der Waals surface area contributed by atoms with E-state index in [2.05, 4.69) is 29.9 Å². The van der Waals surface area contributed by atoms with Crippen molar-refractivity contribution in [1.82, 2.24) is 14.5 Å². The molecule has 0 aliphatic carbocycles. The summed E-state index contributed by atoms with van der Waals surface area (Å²) in [7, 11) is 0. The first-order chi connectivity index (χ1) is 20.9. The van der Waals surface area contributed by atoms with Gasteiger partial charge in [0.25, 0.3) is 0 Å². The number of nitrogens with zero attached hydrogens (tertiary/aromatic N) is 6. The van der Waals surface area contributed by atoms with E-state index in [0.29, 0.717) is 30.5 Å². The number of allylic oxidation sites excluding steroid dienone is 2. The molecule has 5 heterocycles. The highest BCUT2D eigenvalue weighted by Crippen LogP contribution is 2.42. The van der Waals surface area contributed by atoms with Crippen LogP contribution in [-0.2, 0) is 4.74 Å². The molecule has 3 aliphatic heterocycles. The highest BCUT2D eigenvalue weighted by molar-refractivity contribution is 6.33. The van der Waals surface area contributed by atoms with Crippen LogP contribution in [0.1, 0.15) is 66.0 Å². The number of benzene rings is 1. The number of hydrogen-bond donors (Lipinski definition) is 0. The van der Waals surface area contributed by atoms with Gasteiger partial charge >= 0.3 is 17.4 Å². The summed E-state index contributed by atoms with van der Waals surface area (Å²) in [6.07, 6.45) is 5.09. The Kier molecular flexibility index (Phi) is 7.64. The van der Waals surface area contributed by atoms with Gasteiger partial charge in [-0.25, -0.2) is 14.2 Å². The molecule has 0 saturated carbocycles. The van der Waals surface area contributed by atoms with Crippen LogP contribution >= 0.6 is 11.6 Å². The number of aromatic nitrogens is 3. The molecule has 230 valence electrons. The largest absolute Gasteiger partial charge is 0.444 e. The third-order valence-corrected chi connectivity index (χ3v) is 9.11. The summed E-state index contributed by atoms with van der Waals surface area (Å²) in [5.74, 6) is 0.712. The van der Waals surface area contributed by atoms with E-state index < -0.39 is 5.60 Å². The lowest BCUT2D eigenvalue weighted by Crippen LogP contribution is -2.56. The topological polar surface area (TPSA) is 83.9 Å². The maximum absolute atomic E-state index is 14.2. The van der Waals surface area contributed by atoms with Crippen molar-refractivity contribution < 1.29 is 14.1 Å². The molecule has 1 amide bonds. The number of carbonyl (C=O) groups excluding carboxylic acids is 1. The van der Waals surface area contributed by atoms with Crippen molar-refractivity contribution in [2.75, 3.05) is 24.5 Å². The molecule has 1 saturated heterocycles. The quantitative estimate of drug-likeness (QED) is 0.320. The molecule has 0 N–H and O–H groups in total. The first-order valence-electron chi connectivity index (χ1n) is 15.4. The van der Waals surface area contributed by atoms with Crippen LogP contribution in [0.2, 0.25) is 5.02 Å². The number of amides is 1. The number of rotatable bonds is 4. The average Bonchev–Trinajstić information content (AvgIpc) is 2.98. The average molecular weight is 616 g/mol. The van der Waals surface area contributed by atoms with E-state index in [9.17, 15) is 9.59 Å². The van der Waals surface area contributed by atoms with Crippen LogP contribution in [0.5, 0.6) is 0 Å². The van der Waals surface area contributed by atoms with E-state index in [4.69, 9.17) is 26.3 Å². The normalized spacial score (nSPS) is 21.5. The van der Waals surface area contributed by atoms with Gasteiger partial charge in [0.15, 0.2) is 11.5 Å². The van der Waals surface area contributed by atoms with Crippen molar-refractivity contribution in [3.63, 3.8) is 0 Å². The smallest absolute Gasteiger partial charge is 0.441 e. The van der Waals surface area contributed by atoms with Gasteiger partial charge in [-0.15, -0.1) is 4.57 Å². The van der Waals surface area contributed by atoms with Gasteiger partial charge in [-0.1, -0.05) is 55.4 Å². The number of aliphatic imine (C=N–C) groups is 1. The molecule has 1 aromatic carbocycles. The van der Waals surface area contributed by atoms with Gasteiger partial charge in [-0.3, -0.25) is 4.99 Å². The van der Waals surface area contributed by atoms with Gasteiger partial charge in [0.1, 0.15) is 28.4 Å². The number of fused-ring (bicyclic) bond motifs is 1. The molecule has 2 unspecified atom stereocenters. The number of pyridine rings is 1. The van der Waals surface area contributed by atoms with E-state index in [-0.39, 0.29) is 29.8 Å². The van der Waals surface area contributed by atoms with Crippen molar-refractivity contribution in [2.24, 2.45) is 10.9 Å².